The monoisotopic (exact) mass is 408 g/mol. The van der Waals surface area contributed by atoms with Crippen molar-refractivity contribution in [1.82, 2.24) is 4.57 Å². The molecule has 7 nitrogen and oxygen atoms in total. The van der Waals surface area contributed by atoms with Gasteiger partial charge in [-0.25, -0.2) is 0 Å². The van der Waals surface area contributed by atoms with Crippen LogP contribution in [0, 0.1) is 6.92 Å². The molecule has 2 heterocycles. The van der Waals surface area contributed by atoms with Gasteiger partial charge in [-0.05, 0) is 31.0 Å². The molecule has 1 amide bonds. The van der Waals surface area contributed by atoms with Crippen LogP contribution in [0.1, 0.15) is 38.5 Å². The maximum Gasteiger partial charge on any atom is 0.344 e. The molecule has 0 radical (unpaired) electrons. The molecule has 4 aromatic rings. The molecule has 0 atom stereocenters. The van der Waals surface area contributed by atoms with Crippen LogP contribution in [0.4, 0.5) is 5.69 Å². The van der Waals surface area contributed by atoms with Crippen molar-refractivity contribution in [1.29, 1.82) is 0 Å². The molecule has 0 fully saturated rings. The lowest BCUT2D eigenvalue weighted by Gasteiger charge is -2.02. The van der Waals surface area contributed by atoms with Gasteiger partial charge in [0.15, 0.2) is 6.54 Å². The summed E-state index contributed by atoms with van der Waals surface area (Å²) < 4.78 is 10.3. The van der Waals surface area contributed by atoms with Gasteiger partial charge in [0.05, 0.1) is 12.4 Å². The van der Waals surface area contributed by atoms with Crippen LogP contribution in [0.3, 0.4) is 0 Å². The molecule has 7 heteroatoms. The number of hydrogen-bond donors (Lipinski definition) is 2. The van der Waals surface area contributed by atoms with E-state index < -0.39 is 5.97 Å². The molecule has 0 aliphatic heterocycles. The van der Waals surface area contributed by atoms with E-state index >= 15 is 0 Å². The summed E-state index contributed by atoms with van der Waals surface area (Å²) in [5.74, 6) is -0.00506. The van der Waals surface area contributed by atoms with Crippen LogP contribution in [0.15, 0.2) is 34.7 Å². The number of carbonyl (C=O) groups is 2. The molecule has 0 unspecified atom stereocenters. The zero-order valence-corrected chi connectivity index (χ0v) is 17.5. The Labute approximate surface area is 173 Å². The predicted octanol–water partition coefficient (Wildman–Crippen LogP) is 4.28. The van der Waals surface area contributed by atoms with Gasteiger partial charge < -0.3 is 19.4 Å². The van der Waals surface area contributed by atoms with Gasteiger partial charge >= 0.3 is 11.9 Å². The first-order valence-electron chi connectivity index (χ1n) is 10.2. The van der Waals surface area contributed by atoms with E-state index in [4.69, 9.17) is 9.52 Å². The highest BCUT2D eigenvalue weighted by Crippen LogP contribution is 2.33. The van der Waals surface area contributed by atoms with E-state index in [1.165, 1.54) is 6.92 Å². The maximum absolute atomic E-state index is 11.5. The minimum atomic E-state index is -0.746. The molecule has 0 aliphatic carbocycles. The Kier molecular flexibility index (Phi) is 5.20. The van der Waals surface area contributed by atoms with Crippen molar-refractivity contribution in [3.05, 3.63) is 36.2 Å². The first-order valence-corrected chi connectivity index (χ1v) is 10.2. The number of unbranched alkanes of at least 4 members (excludes halogenated alkanes) is 2. The van der Waals surface area contributed by atoms with Gasteiger partial charge in [0.25, 0.3) is 5.52 Å². The number of carbonyl (C=O) groups excluding carboxylic acids is 1. The van der Waals surface area contributed by atoms with Crippen molar-refractivity contribution in [2.75, 3.05) is 5.32 Å². The first kappa shape index (κ1) is 19.9. The summed E-state index contributed by atoms with van der Waals surface area (Å²) in [4.78, 5) is 22.2. The predicted molar refractivity (Wildman–Crippen MR) is 116 cm³/mol. The minimum Gasteiger partial charge on any atom is -0.481 e. The van der Waals surface area contributed by atoms with E-state index in [0.717, 1.165) is 63.9 Å². The zero-order valence-electron chi connectivity index (χ0n) is 17.5. The van der Waals surface area contributed by atoms with Crippen molar-refractivity contribution >= 4 is 50.5 Å². The molecule has 2 N–H and O–H groups in total. The number of nitrogens with one attached hydrogen (secondary N) is 1. The molecule has 0 saturated heterocycles. The normalized spacial score (nSPS) is 11.6. The zero-order chi connectivity index (χ0) is 21.4. The van der Waals surface area contributed by atoms with Crippen LogP contribution < -0.4 is 9.88 Å². The molecule has 2 aromatic heterocycles. The van der Waals surface area contributed by atoms with Gasteiger partial charge in [0.1, 0.15) is 0 Å². The third kappa shape index (κ3) is 3.63. The van der Waals surface area contributed by atoms with Crippen molar-refractivity contribution in [2.24, 2.45) is 7.05 Å². The average molecular weight is 408 g/mol. The Bertz CT molecular complexity index is 1280. The SMILES string of the molecule is CC(=O)Nc1ccc2c(c1)c1cc3c(cc1n2C)oc(C)[n+]3CCCCCC(=O)O. The third-order valence-electron chi connectivity index (χ3n) is 5.61. The number of aromatic nitrogens is 2. The second kappa shape index (κ2) is 7.82. The Balaban J connectivity index is 1.75. The largest absolute Gasteiger partial charge is 0.481 e. The Morgan fingerprint density at radius 1 is 1.10 bits per heavy atom. The number of anilines is 1. The summed E-state index contributed by atoms with van der Waals surface area (Å²) in [5.41, 5.74) is 4.79. The lowest BCUT2D eigenvalue weighted by molar-refractivity contribution is -0.683. The van der Waals surface area contributed by atoms with Crippen molar-refractivity contribution in [3.8, 4) is 0 Å². The summed E-state index contributed by atoms with van der Waals surface area (Å²) in [7, 11) is 2.03. The second-order valence-electron chi connectivity index (χ2n) is 7.79. The number of carboxylic acids is 1. The number of nitrogens with zero attached hydrogens (tertiary/aromatic N) is 2. The number of amides is 1. The number of carboxylic acid groups (broad SMARTS) is 1. The number of hydrogen-bond acceptors (Lipinski definition) is 3. The van der Waals surface area contributed by atoms with Gasteiger partial charge in [-0.2, -0.15) is 4.57 Å². The number of aryl methyl sites for hydroxylation is 3. The van der Waals surface area contributed by atoms with E-state index in [-0.39, 0.29) is 12.3 Å². The molecular formula is C23H26N3O4+. The summed E-state index contributed by atoms with van der Waals surface area (Å²) in [5, 5.41) is 13.8. The Morgan fingerprint density at radius 2 is 1.87 bits per heavy atom. The van der Waals surface area contributed by atoms with Gasteiger partial charge in [-0.15, -0.1) is 0 Å². The quantitative estimate of drug-likeness (QED) is 0.353. The van der Waals surface area contributed by atoms with Crippen LogP contribution in [0.2, 0.25) is 0 Å². The topological polar surface area (TPSA) is 88.4 Å². The minimum absolute atomic E-state index is 0.0943. The highest BCUT2D eigenvalue weighted by Gasteiger charge is 2.21. The van der Waals surface area contributed by atoms with Gasteiger partial charge in [-0.3, -0.25) is 9.59 Å². The van der Waals surface area contributed by atoms with Gasteiger partial charge in [0, 0.05) is 60.9 Å². The van der Waals surface area contributed by atoms with E-state index in [1.807, 2.05) is 32.2 Å². The van der Waals surface area contributed by atoms with E-state index in [9.17, 15) is 9.59 Å². The van der Waals surface area contributed by atoms with Crippen molar-refractivity contribution < 1.29 is 23.7 Å². The number of rotatable bonds is 7. The number of aliphatic carboxylic acids is 1. The number of fused-ring (bicyclic) bond motifs is 4. The van der Waals surface area contributed by atoms with E-state index in [2.05, 4.69) is 26.6 Å². The maximum atomic E-state index is 11.5. The third-order valence-corrected chi connectivity index (χ3v) is 5.61. The lowest BCUT2D eigenvalue weighted by atomic mass is 10.1. The fraction of sp³-hybridized carbons (Fsp3) is 0.348. The molecule has 2 aromatic carbocycles. The standard InChI is InChI=1S/C23H25N3O4/c1-14(27)24-16-8-9-19-17(11-16)18-12-21-22(13-20(18)25(19)3)30-15(2)26(21)10-6-4-5-7-23(28)29/h8-9,11-13H,4-7,10H2,1-3H3,(H-,24,27,28,29)/p+1. The van der Waals surface area contributed by atoms with Gasteiger partial charge in [-0.1, -0.05) is 0 Å². The first-order chi connectivity index (χ1) is 14.3. The Hall–Kier alpha value is -3.35. The van der Waals surface area contributed by atoms with E-state index in [1.54, 1.807) is 0 Å². The molecule has 0 saturated carbocycles. The van der Waals surface area contributed by atoms with Crippen LogP contribution >= 0.6 is 0 Å². The second-order valence-corrected chi connectivity index (χ2v) is 7.79. The van der Waals surface area contributed by atoms with Crippen LogP contribution in [0.25, 0.3) is 32.9 Å². The average Bonchev–Trinajstić information content (AvgIpc) is 3.13. The molecule has 0 aliphatic rings. The number of benzene rings is 2. The summed E-state index contributed by atoms with van der Waals surface area (Å²) in [6, 6.07) is 10.2. The molecule has 30 heavy (non-hydrogen) atoms. The molecule has 156 valence electrons. The van der Waals surface area contributed by atoms with Crippen molar-refractivity contribution in [3.63, 3.8) is 0 Å². The van der Waals surface area contributed by atoms with Crippen molar-refractivity contribution in [2.45, 2.75) is 46.1 Å². The van der Waals surface area contributed by atoms with Crippen LogP contribution in [-0.4, -0.2) is 21.6 Å². The molecule has 0 bridgehead atoms. The summed E-state index contributed by atoms with van der Waals surface area (Å²) in [6.45, 7) is 4.24. The molecule has 0 spiro atoms. The summed E-state index contributed by atoms with van der Waals surface area (Å²) >= 11 is 0. The highest BCUT2D eigenvalue weighted by molar-refractivity contribution is 6.12. The van der Waals surface area contributed by atoms with Crippen LogP contribution in [-0.2, 0) is 23.2 Å². The van der Waals surface area contributed by atoms with Crippen LogP contribution in [0.5, 0.6) is 0 Å². The smallest absolute Gasteiger partial charge is 0.344 e. The lowest BCUT2D eigenvalue weighted by Crippen LogP contribution is -2.35. The fourth-order valence-electron chi connectivity index (χ4n) is 4.18. The summed E-state index contributed by atoms with van der Waals surface area (Å²) in [6.07, 6.45) is 2.66. The molecular weight excluding hydrogens is 382 g/mol. The fourth-order valence-corrected chi connectivity index (χ4v) is 4.18. The Morgan fingerprint density at radius 3 is 2.60 bits per heavy atom. The number of oxazole rings is 1. The molecule has 4 rings (SSSR count). The van der Waals surface area contributed by atoms with Gasteiger partial charge in [0.2, 0.25) is 11.5 Å². The van der Waals surface area contributed by atoms with E-state index in [0.29, 0.717) is 6.42 Å². The highest BCUT2D eigenvalue weighted by atomic mass is 16.4.